The molecule has 122 valence electrons. The van der Waals surface area contributed by atoms with Crippen LogP contribution in [0.3, 0.4) is 0 Å². The topological polar surface area (TPSA) is 38.1 Å². The molecule has 3 rings (SSSR count). The molecule has 1 aromatic heterocycles. The van der Waals surface area contributed by atoms with Gasteiger partial charge < -0.3 is 4.90 Å². The Kier molecular flexibility index (Phi) is 5.06. The zero-order valence-electron chi connectivity index (χ0n) is 13.7. The molecule has 0 radical (unpaired) electrons. The van der Waals surface area contributed by atoms with E-state index in [9.17, 15) is 4.79 Å². The molecule has 1 amide bonds. The van der Waals surface area contributed by atoms with Crippen LogP contribution in [0.25, 0.3) is 0 Å². The monoisotopic (exact) mass is 329 g/mol. The van der Waals surface area contributed by atoms with Crippen molar-refractivity contribution in [1.29, 1.82) is 0 Å². The number of benzene rings is 1. The van der Waals surface area contributed by atoms with Gasteiger partial charge in [0.25, 0.3) is 5.91 Å². The number of likely N-dealkylation sites (tertiary alicyclic amines) is 1. The highest BCUT2D eigenvalue weighted by Crippen LogP contribution is 2.26. The van der Waals surface area contributed by atoms with E-state index >= 15 is 0 Å². The molecule has 1 aromatic carbocycles. The molecular weight excluding hydrogens is 306 g/mol. The molecule has 23 heavy (non-hydrogen) atoms. The highest BCUT2D eigenvalue weighted by molar-refractivity contribution is 7.99. The fourth-order valence-corrected chi connectivity index (χ4v) is 4.05. The molecule has 2 aromatic rings. The van der Waals surface area contributed by atoms with E-state index in [0.29, 0.717) is 5.92 Å². The number of hydrogen-bond acceptors (Lipinski definition) is 3. The molecule has 2 heterocycles. The first-order valence-electron chi connectivity index (χ1n) is 8.19. The minimum Gasteiger partial charge on any atom is -0.337 e. The van der Waals surface area contributed by atoms with Gasteiger partial charge >= 0.3 is 0 Å². The first-order chi connectivity index (χ1) is 11.2. The lowest BCUT2D eigenvalue weighted by Crippen LogP contribution is -2.30. The van der Waals surface area contributed by atoms with Crippen molar-refractivity contribution in [1.82, 2.24) is 14.7 Å². The van der Waals surface area contributed by atoms with Crippen molar-refractivity contribution in [3.05, 3.63) is 47.8 Å². The lowest BCUT2D eigenvalue weighted by Gasteiger charge is -2.17. The third kappa shape index (κ3) is 3.78. The Morgan fingerprint density at radius 3 is 2.87 bits per heavy atom. The maximum atomic E-state index is 12.7. The summed E-state index contributed by atoms with van der Waals surface area (Å²) >= 11 is 1.88. The number of aromatic nitrogens is 2. The fraction of sp³-hybridized carbons (Fsp3) is 0.444. The van der Waals surface area contributed by atoms with Crippen molar-refractivity contribution in [2.45, 2.75) is 31.7 Å². The Bertz CT molecular complexity index is 668. The standard InChI is InChI=1S/C18H23N3OS/c1-3-21-17(11-14(2)19-21)18(22)20-10-9-15(12-20)13-23-16-7-5-4-6-8-16/h4-8,11,15H,3,9-10,12-13H2,1-2H3/t15-/m0/s1. The van der Waals surface area contributed by atoms with E-state index in [2.05, 4.69) is 29.4 Å². The van der Waals surface area contributed by atoms with Gasteiger partial charge in [-0.05, 0) is 44.4 Å². The van der Waals surface area contributed by atoms with E-state index in [4.69, 9.17) is 0 Å². The Balaban J connectivity index is 1.57. The maximum absolute atomic E-state index is 12.7. The minimum atomic E-state index is 0.125. The summed E-state index contributed by atoms with van der Waals surface area (Å²) in [5.41, 5.74) is 1.63. The third-order valence-corrected chi connectivity index (χ3v) is 5.47. The fourth-order valence-electron chi connectivity index (χ4n) is 3.00. The number of nitrogens with zero attached hydrogens (tertiary/aromatic N) is 3. The summed E-state index contributed by atoms with van der Waals surface area (Å²) in [5, 5.41) is 4.38. The van der Waals surface area contributed by atoms with Crippen LogP contribution >= 0.6 is 11.8 Å². The largest absolute Gasteiger partial charge is 0.337 e. The summed E-state index contributed by atoms with van der Waals surface area (Å²) in [6.07, 6.45) is 1.09. The van der Waals surface area contributed by atoms with Crippen LogP contribution in [0.4, 0.5) is 0 Å². The van der Waals surface area contributed by atoms with Gasteiger partial charge in [-0.1, -0.05) is 18.2 Å². The van der Waals surface area contributed by atoms with Crippen molar-refractivity contribution in [3.8, 4) is 0 Å². The van der Waals surface area contributed by atoms with Crippen LogP contribution in [-0.2, 0) is 6.54 Å². The van der Waals surface area contributed by atoms with Gasteiger partial charge in [-0.15, -0.1) is 11.8 Å². The average Bonchev–Trinajstić information content (AvgIpc) is 3.19. The summed E-state index contributed by atoms with van der Waals surface area (Å²) in [7, 11) is 0. The van der Waals surface area contributed by atoms with Crippen molar-refractivity contribution >= 4 is 17.7 Å². The highest BCUT2D eigenvalue weighted by Gasteiger charge is 2.28. The van der Waals surface area contributed by atoms with E-state index in [1.165, 1.54) is 4.90 Å². The van der Waals surface area contributed by atoms with Gasteiger partial charge in [0.2, 0.25) is 0 Å². The molecule has 1 atom stereocenters. The molecule has 1 fully saturated rings. The van der Waals surface area contributed by atoms with Gasteiger partial charge in [-0.25, -0.2) is 0 Å². The first-order valence-corrected chi connectivity index (χ1v) is 9.17. The molecular formula is C18H23N3OS. The van der Waals surface area contributed by atoms with Crippen LogP contribution in [0.15, 0.2) is 41.3 Å². The van der Waals surface area contributed by atoms with E-state index < -0.39 is 0 Å². The second kappa shape index (κ2) is 7.21. The molecule has 1 saturated heterocycles. The van der Waals surface area contributed by atoms with Crippen LogP contribution in [0, 0.1) is 12.8 Å². The van der Waals surface area contributed by atoms with E-state index in [1.54, 1.807) is 0 Å². The average molecular weight is 329 g/mol. The Labute approximate surface area is 141 Å². The summed E-state index contributed by atoms with van der Waals surface area (Å²) in [6.45, 7) is 6.40. The van der Waals surface area contributed by atoms with Crippen LogP contribution in [0.1, 0.15) is 29.5 Å². The summed E-state index contributed by atoms with van der Waals surface area (Å²) in [6, 6.07) is 12.4. The van der Waals surface area contributed by atoms with E-state index in [-0.39, 0.29) is 5.91 Å². The van der Waals surface area contributed by atoms with Gasteiger partial charge in [0.05, 0.1) is 5.69 Å². The number of carbonyl (C=O) groups is 1. The lowest BCUT2D eigenvalue weighted by molar-refractivity contribution is 0.0776. The predicted molar refractivity (Wildman–Crippen MR) is 93.8 cm³/mol. The second-order valence-electron chi connectivity index (χ2n) is 6.02. The molecule has 1 aliphatic heterocycles. The molecule has 4 nitrogen and oxygen atoms in total. The smallest absolute Gasteiger partial charge is 0.272 e. The van der Waals surface area contributed by atoms with Gasteiger partial charge in [-0.2, -0.15) is 5.10 Å². The Morgan fingerprint density at radius 1 is 1.35 bits per heavy atom. The van der Waals surface area contributed by atoms with Gasteiger partial charge in [0, 0.05) is 30.3 Å². The number of rotatable bonds is 5. The molecule has 0 N–H and O–H groups in total. The quantitative estimate of drug-likeness (QED) is 0.789. The molecule has 0 spiro atoms. The van der Waals surface area contributed by atoms with Crippen LogP contribution in [0.5, 0.6) is 0 Å². The van der Waals surface area contributed by atoms with Crippen LogP contribution in [0.2, 0.25) is 0 Å². The summed E-state index contributed by atoms with van der Waals surface area (Å²) < 4.78 is 1.81. The van der Waals surface area contributed by atoms with Gasteiger partial charge in [0.1, 0.15) is 5.69 Å². The molecule has 1 aliphatic rings. The van der Waals surface area contributed by atoms with Crippen LogP contribution < -0.4 is 0 Å². The zero-order valence-corrected chi connectivity index (χ0v) is 14.6. The van der Waals surface area contributed by atoms with Crippen LogP contribution in [-0.4, -0.2) is 39.4 Å². The number of thioether (sulfide) groups is 1. The van der Waals surface area contributed by atoms with E-state index in [1.807, 2.05) is 47.3 Å². The first kappa shape index (κ1) is 16.1. The normalized spacial score (nSPS) is 17.7. The van der Waals surface area contributed by atoms with Crippen molar-refractivity contribution < 1.29 is 4.79 Å². The highest BCUT2D eigenvalue weighted by atomic mass is 32.2. The number of amides is 1. The SMILES string of the molecule is CCn1nc(C)cc1C(=O)N1CC[C@H](CSc2ccccc2)C1. The molecule has 0 bridgehead atoms. The predicted octanol–water partition coefficient (Wildman–Crippen LogP) is 3.47. The Morgan fingerprint density at radius 2 is 2.13 bits per heavy atom. The summed E-state index contributed by atoms with van der Waals surface area (Å²) in [4.78, 5) is 16.0. The lowest BCUT2D eigenvalue weighted by atomic mass is 10.2. The van der Waals surface area contributed by atoms with Gasteiger partial charge in [-0.3, -0.25) is 9.48 Å². The van der Waals surface area contributed by atoms with Crippen molar-refractivity contribution in [3.63, 3.8) is 0 Å². The van der Waals surface area contributed by atoms with Gasteiger partial charge in [0.15, 0.2) is 0 Å². The van der Waals surface area contributed by atoms with Crippen molar-refractivity contribution in [2.75, 3.05) is 18.8 Å². The molecule has 0 aliphatic carbocycles. The van der Waals surface area contributed by atoms with E-state index in [0.717, 1.165) is 43.2 Å². The zero-order chi connectivity index (χ0) is 16.2. The summed E-state index contributed by atoms with van der Waals surface area (Å²) in [5.74, 6) is 1.77. The molecule has 0 saturated carbocycles. The number of hydrogen-bond donors (Lipinski definition) is 0. The molecule has 0 unspecified atom stereocenters. The van der Waals surface area contributed by atoms with Crippen molar-refractivity contribution in [2.24, 2.45) is 5.92 Å². The minimum absolute atomic E-state index is 0.125. The number of carbonyl (C=O) groups excluding carboxylic acids is 1. The third-order valence-electron chi connectivity index (χ3n) is 4.22. The number of aryl methyl sites for hydroxylation is 2. The maximum Gasteiger partial charge on any atom is 0.272 e. The second-order valence-corrected chi connectivity index (χ2v) is 7.11. The molecule has 5 heteroatoms. The Hall–Kier alpha value is -1.75.